The van der Waals surface area contributed by atoms with Crippen molar-refractivity contribution in [2.75, 3.05) is 6.54 Å². The van der Waals surface area contributed by atoms with Gasteiger partial charge in [-0.25, -0.2) is 0 Å². The van der Waals surface area contributed by atoms with Gasteiger partial charge >= 0.3 is 0 Å². The predicted octanol–water partition coefficient (Wildman–Crippen LogP) is 0.934. The van der Waals surface area contributed by atoms with Crippen LogP contribution in [0, 0.1) is 0 Å². The molecule has 5 heteroatoms. The summed E-state index contributed by atoms with van der Waals surface area (Å²) in [6.45, 7) is 0.980. The van der Waals surface area contributed by atoms with Crippen molar-refractivity contribution in [1.29, 1.82) is 0 Å². The first-order chi connectivity index (χ1) is 9.69. The number of carbonyl (C=O) groups excluding carboxylic acids is 2. The molecule has 0 atom stereocenters. The van der Waals surface area contributed by atoms with Gasteiger partial charge in [-0.05, 0) is 37.0 Å². The summed E-state index contributed by atoms with van der Waals surface area (Å²) in [7, 11) is 0. The van der Waals surface area contributed by atoms with Crippen molar-refractivity contribution < 1.29 is 9.59 Å². The Labute approximate surface area is 118 Å². The molecule has 1 aliphatic carbocycles. The van der Waals surface area contributed by atoms with Crippen molar-refractivity contribution in [2.45, 2.75) is 38.3 Å². The molecule has 1 saturated carbocycles. The van der Waals surface area contributed by atoms with Gasteiger partial charge < -0.3 is 16.4 Å². The van der Waals surface area contributed by atoms with Crippen LogP contribution in [0.25, 0.3) is 0 Å². The molecular weight excluding hydrogens is 254 g/mol. The van der Waals surface area contributed by atoms with Gasteiger partial charge in [0.05, 0.1) is 0 Å². The van der Waals surface area contributed by atoms with Gasteiger partial charge in [-0.3, -0.25) is 9.59 Å². The molecule has 5 nitrogen and oxygen atoms in total. The molecule has 20 heavy (non-hydrogen) atoms. The van der Waals surface area contributed by atoms with Crippen molar-refractivity contribution in [3.05, 3.63) is 35.4 Å². The number of nitrogens with two attached hydrogens (primary N) is 1. The Morgan fingerprint density at radius 2 is 1.90 bits per heavy atom. The topological polar surface area (TPSA) is 84.2 Å². The van der Waals surface area contributed by atoms with E-state index in [4.69, 9.17) is 5.73 Å². The number of carbonyl (C=O) groups is 2. The number of hydrogen-bond acceptors (Lipinski definition) is 3. The first-order valence-electron chi connectivity index (χ1n) is 7.05. The second kappa shape index (κ2) is 7.05. The minimum absolute atomic E-state index is 0.0778. The number of rotatable bonds is 7. The highest BCUT2D eigenvalue weighted by Gasteiger charge is 2.22. The van der Waals surface area contributed by atoms with E-state index >= 15 is 0 Å². The average Bonchev–Trinajstić information content (AvgIpc) is 3.27. The second-order valence-corrected chi connectivity index (χ2v) is 5.10. The monoisotopic (exact) mass is 275 g/mol. The van der Waals surface area contributed by atoms with Gasteiger partial charge in [0.1, 0.15) is 0 Å². The van der Waals surface area contributed by atoms with Crippen molar-refractivity contribution in [3.63, 3.8) is 0 Å². The molecule has 0 aliphatic heterocycles. The van der Waals surface area contributed by atoms with Crippen molar-refractivity contribution in [3.8, 4) is 0 Å². The van der Waals surface area contributed by atoms with Crippen molar-refractivity contribution >= 4 is 11.8 Å². The molecule has 1 aliphatic rings. The van der Waals surface area contributed by atoms with Crippen LogP contribution in [-0.2, 0) is 11.3 Å². The molecule has 2 rings (SSSR count). The summed E-state index contributed by atoms with van der Waals surface area (Å²) in [6, 6.07) is 7.61. The van der Waals surface area contributed by atoms with E-state index < -0.39 is 0 Å². The van der Waals surface area contributed by atoms with Crippen molar-refractivity contribution in [2.24, 2.45) is 5.73 Å². The lowest BCUT2D eigenvalue weighted by atomic mass is 10.1. The van der Waals surface area contributed by atoms with E-state index in [0.717, 1.165) is 18.4 Å². The third-order valence-corrected chi connectivity index (χ3v) is 3.26. The van der Waals surface area contributed by atoms with Crippen LogP contribution < -0.4 is 16.4 Å². The quantitative estimate of drug-likeness (QED) is 0.647. The molecule has 4 N–H and O–H groups in total. The van der Waals surface area contributed by atoms with E-state index in [0.29, 0.717) is 37.5 Å². The number of amides is 2. The van der Waals surface area contributed by atoms with Crippen LogP contribution in [0.2, 0.25) is 0 Å². The molecule has 0 heterocycles. The largest absolute Gasteiger partial charge is 0.353 e. The lowest BCUT2D eigenvalue weighted by Crippen LogP contribution is -2.28. The maximum Gasteiger partial charge on any atom is 0.251 e. The highest BCUT2D eigenvalue weighted by molar-refractivity contribution is 5.94. The highest BCUT2D eigenvalue weighted by atomic mass is 16.2. The average molecular weight is 275 g/mol. The zero-order chi connectivity index (χ0) is 14.4. The molecule has 0 unspecified atom stereocenters. The molecular formula is C15H21N3O2. The zero-order valence-corrected chi connectivity index (χ0v) is 11.5. The van der Waals surface area contributed by atoms with Crippen molar-refractivity contribution in [1.82, 2.24) is 10.6 Å². The molecule has 108 valence electrons. The molecule has 0 bridgehead atoms. The molecule has 0 saturated heterocycles. The predicted molar refractivity (Wildman–Crippen MR) is 77.1 cm³/mol. The fraction of sp³-hybridized carbons (Fsp3) is 0.467. The maximum absolute atomic E-state index is 11.8. The molecule has 0 spiro atoms. The summed E-state index contributed by atoms with van der Waals surface area (Å²) in [6.07, 6.45) is 3.32. The third-order valence-electron chi connectivity index (χ3n) is 3.26. The molecule has 0 radical (unpaired) electrons. The molecule has 1 aromatic carbocycles. The molecule has 1 fully saturated rings. The highest BCUT2D eigenvalue weighted by Crippen LogP contribution is 2.18. The second-order valence-electron chi connectivity index (χ2n) is 5.10. The number of hydrogen-bond donors (Lipinski definition) is 3. The Balaban J connectivity index is 1.64. The van der Waals surface area contributed by atoms with Crippen LogP contribution in [0.1, 0.15) is 41.6 Å². The lowest BCUT2D eigenvalue weighted by molar-refractivity contribution is -0.121. The smallest absolute Gasteiger partial charge is 0.251 e. The van der Waals surface area contributed by atoms with E-state index in [1.54, 1.807) is 12.1 Å². The fourth-order valence-electron chi connectivity index (χ4n) is 1.87. The van der Waals surface area contributed by atoms with Crippen LogP contribution in [0.5, 0.6) is 0 Å². The molecule has 1 aromatic rings. The molecule has 0 aromatic heterocycles. The summed E-state index contributed by atoms with van der Waals surface area (Å²) in [5.74, 6) is -0.0368. The van der Waals surface area contributed by atoms with Crippen LogP contribution in [0.4, 0.5) is 0 Å². The van der Waals surface area contributed by atoms with E-state index in [-0.39, 0.29) is 11.8 Å². The lowest BCUT2D eigenvalue weighted by Gasteiger charge is -2.06. The minimum Gasteiger partial charge on any atom is -0.353 e. The number of benzene rings is 1. The fourth-order valence-corrected chi connectivity index (χ4v) is 1.87. The maximum atomic E-state index is 11.8. The summed E-state index contributed by atoms with van der Waals surface area (Å²) in [5.41, 5.74) is 7.12. The van der Waals surface area contributed by atoms with Crippen LogP contribution in [0.15, 0.2) is 24.3 Å². The Hall–Kier alpha value is -1.88. The third kappa shape index (κ3) is 4.66. The summed E-state index contributed by atoms with van der Waals surface area (Å²) in [5, 5.41) is 5.73. The van der Waals surface area contributed by atoms with Gasteiger partial charge in [0.15, 0.2) is 0 Å². The minimum atomic E-state index is -0.115. The van der Waals surface area contributed by atoms with Gasteiger partial charge in [0.25, 0.3) is 5.91 Å². The van der Waals surface area contributed by atoms with E-state index in [1.807, 2.05) is 12.1 Å². The van der Waals surface area contributed by atoms with Gasteiger partial charge in [-0.2, -0.15) is 0 Å². The molecule has 2 amide bonds. The SMILES string of the molecule is NCc1ccc(C(=O)NCCCC(=O)NC2CC2)cc1. The van der Waals surface area contributed by atoms with Crippen LogP contribution in [0.3, 0.4) is 0 Å². The van der Waals surface area contributed by atoms with E-state index in [2.05, 4.69) is 10.6 Å². The first kappa shape index (κ1) is 14.5. The summed E-state index contributed by atoms with van der Waals surface area (Å²) < 4.78 is 0. The Morgan fingerprint density at radius 1 is 1.20 bits per heavy atom. The Kier molecular flexibility index (Phi) is 5.12. The zero-order valence-electron chi connectivity index (χ0n) is 11.5. The van der Waals surface area contributed by atoms with Crippen LogP contribution in [-0.4, -0.2) is 24.4 Å². The Bertz CT molecular complexity index is 467. The first-order valence-corrected chi connectivity index (χ1v) is 7.05. The van der Waals surface area contributed by atoms with Gasteiger partial charge in [-0.1, -0.05) is 12.1 Å². The Morgan fingerprint density at radius 3 is 2.50 bits per heavy atom. The summed E-state index contributed by atoms with van der Waals surface area (Å²) in [4.78, 5) is 23.3. The summed E-state index contributed by atoms with van der Waals surface area (Å²) >= 11 is 0. The standard InChI is InChI=1S/C15H21N3O2/c16-10-11-3-5-12(6-4-11)15(20)17-9-1-2-14(19)18-13-7-8-13/h3-6,13H,1-2,7-10,16H2,(H,17,20)(H,18,19). The number of nitrogens with one attached hydrogen (secondary N) is 2. The normalized spacial score (nSPS) is 13.8. The van der Waals surface area contributed by atoms with Gasteiger partial charge in [0.2, 0.25) is 5.91 Å². The van der Waals surface area contributed by atoms with Gasteiger partial charge in [-0.15, -0.1) is 0 Å². The van der Waals surface area contributed by atoms with E-state index in [1.165, 1.54) is 0 Å². The van der Waals surface area contributed by atoms with E-state index in [9.17, 15) is 9.59 Å². The van der Waals surface area contributed by atoms with Crippen LogP contribution >= 0.6 is 0 Å². The van der Waals surface area contributed by atoms with Gasteiger partial charge in [0, 0.05) is 31.1 Å².